The monoisotopic (exact) mass is 333 g/mol. The molecule has 0 spiro atoms. The minimum Gasteiger partial charge on any atom is -0.497 e. The molecule has 5 nitrogen and oxygen atoms in total. The fourth-order valence-corrected chi connectivity index (χ4v) is 3.66. The molecule has 1 fully saturated rings. The van der Waals surface area contributed by atoms with E-state index in [0.717, 1.165) is 24.2 Å². The largest absolute Gasteiger partial charge is 0.497 e. The first-order chi connectivity index (χ1) is 11.4. The fourth-order valence-electron chi connectivity index (χ4n) is 3.66. The number of rotatable bonds is 6. The average molecular weight is 333 g/mol. The van der Waals surface area contributed by atoms with Gasteiger partial charge in [0.1, 0.15) is 5.75 Å². The lowest BCUT2D eigenvalue weighted by Crippen LogP contribution is -2.56. The summed E-state index contributed by atoms with van der Waals surface area (Å²) in [4.78, 5) is 24.4. The molecule has 0 heterocycles. The van der Waals surface area contributed by atoms with Crippen LogP contribution in [0.4, 0.5) is 0 Å². The maximum absolute atomic E-state index is 12.8. The summed E-state index contributed by atoms with van der Waals surface area (Å²) in [5.74, 6) is -0.986. The highest BCUT2D eigenvalue weighted by Gasteiger charge is 2.42. The molecular formula is C19H27NO4. The van der Waals surface area contributed by atoms with E-state index >= 15 is 0 Å². The molecule has 132 valence electrons. The maximum Gasteiger partial charge on any atom is 0.308 e. The van der Waals surface area contributed by atoms with E-state index in [9.17, 15) is 14.7 Å². The Morgan fingerprint density at radius 2 is 2.00 bits per heavy atom. The average Bonchev–Trinajstić information content (AvgIpc) is 2.55. The van der Waals surface area contributed by atoms with Gasteiger partial charge in [0.15, 0.2) is 0 Å². The van der Waals surface area contributed by atoms with Crippen LogP contribution in [-0.2, 0) is 9.59 Å². The van der Waals surface area contributed by atoms with Crippen molar-refractivity contribution in [2.75, 3.05) is 7.11 Å². The van der Waals surface area contributed by atoms with Crippen molar-refractivity contribution in [2.24, 2.45) is 5.92 Å². The molecule has 1 saturated carbocycles. The number of carbonyl (C=O) groups is 2. The molecule has 1 aromatic rings. The lowest BCUT2D eigenvalue weighted by Gasteiger charge is -2.40. The van der Waals surface area contributed by atoms with Crippen LogP contribution in [0.2, 0.25) is 0 Å². The van der Waals surface area contributed by atoms with Crippen LogP contribution in [0.1, 0.15) is 57.4 Å². The molecule has 1 amide bonds. The number of ether oxygens (including phenoxy) is 1. The molecule has 3 atom stereocenters. The summed E-state index contributed by atoms with van der Waals surface area (Å²) in [7, 11) is 1.61. The lowest BCUT2D eigenvalue weighted by atomic mass is 9.73. The van der Waals surface area contributed by atoms with Crippen molar-refractivity contribution in [3.63, 3.8) is 0 Å². The lowest BCUT2D eigenvalue weighted by molar-refractivity contribution is -0.146. The van der Waals surface area contributed by atoms with Gasteiger partial charge in [-0.15, -0.1) is 0 Å². The predicted octanol–water partition coefficient (Wildman–Crippen LogP) is 3.34. The first-order valence-corrected chi connectivity index (χ1v) is 8.60. The number of aliphatic carboxylic acids is 1. The zero-order valence-electron chi connectivity index (χ0n) is 14.7. The zero-order chi connectivity index (χ0) is 17.7. The van der Waals surface area contributed by atoms with Crippen LogP contribution >= 0.6 is 0 Å². The topological polar surface area (TPSA) is 75.6 Å². The summed E-state index contributed by atoms with van der Waals surface area (Å²) in [5.41, 5.74) is 0.239. The van der Waals surface area contributed by atoms with Crippen LogP contribution in [0, 0.1) is 5.92 Å². The maximum atomic E-state index is 12.8. The summed E-state index contributed by atoms with van der Waals surface area (Å²) in [6.45, 7) is 3.83. The fraction of sp³-hybridized carbons (Fsp3) is 0.579. The Morgan fingerprint density at radius 3 is 2.54 bits per heavy atom. The van der Waals surface area contributed by atoms with Gasteiger partial charge in [0.2, 0.25) is 5.91 Å². The van der Waals surface area contributed by atoms with Gasteiger partial charge in [-0.2, -0.15) is 0 Å². The van der Waals surface area contributed by atoms with E-state index < -0.39 is 17.4 Å². The molecule has 1 aliphatic carbocycles. The Bertz CT molecular complexity index is 584. The second-order valence-corrected chi connectivity index (χ2v) is 6.78. The number of hydrogen-bond donors (Lipinski definition) is 2. The van der Waals surface area contributed by atoms with Crippen LogP contribution in [0.3, 0.4) is 0 Å². The Morgan fingerprint density at radius 1 is 1.33 bits per heavy atom. The van der Waals surface area contributed by atoms with Crippen molar-refractivity contribution in [1.82, 2.24) is 5.32 Å². The molecule has 0 aromatic heterocycles. The first kappa shape index (κ1) is 18.3. The Balaban J connectivity index is 2.16. The standard InChI is InChI=1S/C19H27NO4/c1-4-15(13-8-10-14(24-3)11-9-13)17(21)20-19(2)12-6-5-7-16(19)18(22)23/h8-11,15-16H,4-7,12H2,1-3H3,(H,20,21)(H,22,23). The third-order valence-electron chi connectivity index (χ3n) is 5.16. The zero-order valence-corrected chi connectivity index (χ0v) is 14.7. The summed E-state index contributed by atoms with van der Waals surface area (Å²) in [6, 6.07) is 7.47. The number of methoxy groups -OCH3 is 1. The molecule has 2 N–H and O–H groups in total. The third-order valence-corrected chi connectivity index (χ3v) is 5.16. The normalized spacial score (nSPS) is 24.9. The molecule has 24 heavy (non-hydrogen) atoms. The number of benzene rings is 1. The molecule has 1 aliphatic rings. The Labute approximate surface area is 143 Å². The predicted molar refractivity (Wildman–Crippen MR) is 92.2 cm³/mol. The number of carboxylic acids is 1. The van der Waals surface area contributed by atoms with Crippen LogP contribution in [0.25, 0.3) is 0 Å². The Kier molecular flexibility index (Phi) is 5.86. The number of nitrogens with one attached hydrogen (secondary N) is 1. The number of carboxylic acid groups (broad SMARTS) is 1. The van der Waals surface area contributed by atoms with E-state index in [-0.39, 0.29) is 11.8 Å². The molecular weight excluding hydrogens is 306 g/mol. The summed E-state index contributed by atoms with van der Waals surface area (Å²) >= 11 is 0. The van der Waals surface area contributed by atoms with Crippen molar-refractivity contribution in [2.45, 2.75) is 57.4 Å². The summed E-state index contributed by atoms with van der Waals surface area (Å²) in [5, 5.41) is 12.5. The van der Waals surface area contributed by atoms with Crippen molar-refractivity contribution >= 4 is 11.9 Å². The third kappa shape index (κ3) is 3.89. The molecule has 0 radical (unpaired) electrons. The number of hydrogen-bond acceptors (Lipinski definition) is 3. The van der Waals surface area contributed by atoms with Crippen LogP contribution in [-0.4, -0.2) is 29.6 Å². The molecule has 5 heteroatoms. The van der Waals surface area contributed by atoms with Crippen molar-refractivity contribution in [3.8, 4) is 5.75 Å². The Hall–Kier alpha value is -2.04. The minimum absolute atomic E-state index is 0.0988. The summed E-state index contributed by atoms with van der Waals surface area (Å²) in [6.07, 6.45) is 3.82. The van der Waals surface area contributed by atoms with Gasteiger partial charge in [-0.25, -0.2) is 0 Å². The van der Waals surface area contributed by atoms with Gasteiger partial charge < -0.3 is 15.2 Å². The van der Waals surface area contributed by atoms with E-state index in [1.165, 1.54) is 0 Å². The molecule has 1 aromatic carbocycles. The second kappa shape index (κ2) is 7.69. The van der Waals surface area contributed by atoms with Crippen molar-refractivity contribution < 1.29 is 19.4 Å². The van der Waals surface area contributed by atoms with Crippen molar-refractivity contribution in [3.05, 3.63) is 29.8 Å². The van der Waals surface area contributed by atoms with E-state index in [1.54, 1.807) is 7.11 Å². The van der Waals surface area contributed by atoms with E-state index in [0.29, 0.717) is 19.3 Å². The van der Waals surface area contributed by atoms with Gasteiger partial charge in [-0.1, -0.05) is 31.9 Å². The quantitative estimate of drug-likeness (QED) is 0.837. The summed E-state index contributed by atoms with van der Waals surface area (Å²) < 4.78 is 5.16. The van der Waals surface area contributed by atoms with Gasteiger partial charge in [0, 0.05) is 0 Å². The van der Waals surface area contributed by atoms with Gasteiger partial charge in [0.05, 0.1) is 24.5 Å². The SMILES string of the molecule is CCC(C(=O)NC1(C)CCCCC1C(=O)O)c1ccc(OC)cc1. The van der Waals surface area contributed by atoms with E-state index in [4.69, 9.17) is 4.74 Å². The van der Waals surface area contributed by atoms with E-state index in [1.807, 2.05) is 38.1 Å². The van der Waals surface area contributed by atoms with E-state index in [2.05, 4.69) is 5.32 Å². The van der Waals surface area contributed by atoms with Crippen LogP contribution < -0.4 is 10.1 Å². The van der Waals surface area contributed by atoms with Gasteiger partial charge in [0.25, 0.3) is 0 Å². The molecule has 2 rings (SSSR count). The molecule has 0 aliphatic heterocycles. The smallest absolute Gasteiger partial charge is 0.308 e. The second-order valence-electron chi connectivity index (χ2n) is 6.78. The van der Waals surface area contributed by atoms with Gasteiger partial charge in [-0.3, -0.25) is 9.59 Å². The van der Waals surface area contributed by atoms with Crippen LogP contribution in [0.5, 0.6) is 5.75 Å². The van der Waals surface area contributed by atoms with Gasteiger partial charge >= 0.3 is 5.97 Å². The van der Waals surface area contributed by atoms with Crippen molar-refractivity contribution in [1.29, 1.82) is 0 Å². The number of amides is 1. The highest BCUT2D eigenvalue weighted by atomic mass is 16.5. The molecule has 0 bridgehead atoms. The number of carbonyl (C=O) groups excluding carboxylic acids is 1. The van der Waals surface area contributed by atoms with Gasteiger partial charge in [-0.05, 0) is 43.9 Å². The highest BCUT2D eigenvalue weighted by molar-refractivity contribution is 5.85. The highest BCUT2D eigenvalue weighted by Crippen LogP contribution is 2.35. The van der Waals surface area contributed by atoms with Crippen LogP contribution in [0.15, 0.2) is 24.3 Å². The minimum atomic E-state index is -0.824. The molecule has 0 saturated heterocycles. The molecule has 3 unspecified atom stereocenters. The first-order valence-electron chi connectivity index (χ1n) is 8.60.